The van der Waals surface area contributed by atoms with Gasteiger partial charge >= 0.3 is 0 Å². The Kier molecular flexibility index (Phi) is 4.01. The summed E-state index contributed by atoms with van der Waals surface area (Å²) in [6, 6.07) is 5.97. The highest BCUT2D eigenvalue weighted by molar-refractivity contribution is 9.10. The molecule has 1 aromatic rings. The Morgan fingerprint density at radius 1 is 1.46 bits per heavy atom. The average molecular weight is 239 g/mol. The van der Waals surface area contributed by atoms with Gasteiger partial charge in [-0.15, -0.1) is 0 Å². The Hall–Kier alpha value is -0.780. The Morgan fingerprint density at radius 2 is 2.23 bits per heavy atom. The lowest BCUT2D eigenvalue weighted by atomic mass is 10.1. The summed E-state index contributed by atoms with van der Waals surface area (Å²) in [7, 11) is 0. The highest BCUT2D eigenvalue weighted by Crippen LogP contribution is 2.14. The first-order valence-corrected chi connectivity index (χ1v) is 4.89. The van der Waals surface area contributed by atoms with E-state index in [-0.39, 0.29) is 6.61 Å². The third-order valence-electron chi connectivity index (χ3n) is 1.65. The highest BCUT2D eigenvalue weighted by Gasteiger charge is 1.93. The molecule has 0 spiro atoms. The van der Waals surface area contributed by atoms with Crippen molar-refractivity contribution >= 4 is 15.9 Å². The molecule has 0 fully saturated rings. The van der Waals surface area contributed by atoms with Crippen molar-refractivity contribution in [1.29, 1.82) is 0 Å². The van der Waals surface area contributed by atoms with E-state index in [1.54, 1.807) is 0 Å². The number of rotatable bonds is 1. The Morgan fingerprint density at radius 3 is 2.85 bits per heavy atom. The molecule has 0 radical (unpaired) electrons. The minimum absolute atomic E-state index is 0.128. The van der Waals surface area contributed by atoms with E-state index in [1.807, 2.05) is 25.1 Å². The molecule has 0 bridgehead atoms. The van der Waals surface area contributed by atoms with E-state index in [2.05, 4.69) is 27.8 Å². The largest absolute Gasteiger partial charge is 0.395 e. The first-order chi connectivity index (χ1) is 6.24. The molecule has 0 atom stereocenters. The number of halogens is 1. The minimum atomic E-state index is 0.128. The van der Waals surface area contributed by atoms with Crippen LogP contribution in [0.2, 0.25) is 0 Å². The van der Waals surface area contributed by atoms with Crippen LogP contribution in [-0.4, -0.2) is 11.7 Å². The molecule has 1 rings (SSSR count). The molecule has 2 heteroatoms. The van der Waals surface area contributed by atoms with Crippen molar-refractivity contribution in [2.24, 2.45) is 0 Å². The summed E-state index contributed by atoms with van der Waals surface area (Å²) in [5.41, 5.74) is 2.18. The van der Waals surface area contributed by atoms with Crippen molar-refractivity contribution in [2.45, 2.75) is 13.3 Å². The lowest BCUT2D eigenvalue weighted by Gasteiger charge is -1.97. The minimum Gasteiger partial charge on any atom is -0.395 e. The smallest absolute Gasteiger partial charge is 0.0540 e. The molecule has 0 saturated heterocycles. The summed E-state index contributed by atoms with van der Waals surface area (Å²) >= 11 is 3.39. The molecule has 0 heterocycles. The topological polar surface area (TPSA) is 20.2 Å². The summed E-state index contributed by atoms with van der Waals surface area (Å²) < 4.78 is 1.07. The first kappa shape index (κ1) is 10.3. The van der Waals surface area contributed by atoms with Gasteiger partial charge in [-0.1, -0.05) is 27.8 Å². The molecule has 68 valence electrons. The monoisotopic (exact) mass is 238 g/mol. The molecule has 0 aliphatic heterocycles. The van der Waals surface area contributed by atoms with Crippen molar-refractivity contribution in [3.05, 3.63) is 33.8 Å². The quantitative estimate of drug-likeness (QED) is 0.746. The number of aliphatic hydroxyl groups excluding tert-OH is 1. The summed E-state index contributed by atoms with van der Waals surface area (Å²) in [4.78, 5) is 0. The van der Waals surface area contributed by atoms with Crippen LogP contribution in [0.25, 0.3) is 0 Å². The predicted octanol–water partition coefficient (Wildman–Crippen LogP) is 2.49. The summed E-state index contributed by atoms with van der Waals surface area (Å²) in [5, 5.41) is 8.55. The maximum absolute atomic E-state index is 8.55. The Balaban J connectivity index is 2.85. The van der Waals surface area contributed by atoms with Crippen LogP contribution in [0.4, 0.5) is 0 Å². The zero-order chi connectivity index (χ0) is 9.68. The molecule has 1 aromatic carbocycles. The van der Waals surface area contributed by atoms with Crippen molar-refractivity contribution in [1.82, 2.24) is 0 Å². The lowest BCUT2D eigenvalue weighted by molar-refractivity contribution is 0.305. The fourth-order valence-electron chi connectivity index (χ4n) is 0.981. The van der Waals surface area contributed by atoms with E-state index in [9.17, 15) is 0 Å². The van der Waals surface area contributed by atoms with E-state index in [4.69, 9.17) is 5.11 Å². The lowest BCUT2D eigenvalue weighted by Crippen LogP contribution is -1.82. The van der Waals surface area contributed by atoms with Gasteiger partial charge in [0.1, 0.15) is 0 Å². The third-order valence-corrected chi connectivity index (χ3v) is 2.14. The van der Waals surface area contributed by atoms with Gasteiger partial charge < -0.3 is 5.11 Å². The number of hydrogen-bond acceptors (Lipinski definition) is 1. The number of benzene rings is 1. The van der Waals surface area contributed by atoms with E-state index in [0.29, 0.717) is 6.42 Å². The van der Waals surface area contributed by atoms with E-state index < -0.39 is 0 Å². The summed E-state index contributed by atoms with van der Waals surface area (Å²) in [5.74, 6) is 5.91. The molecule has 1 N–H and O–H groups in total. The first-order valence-electron chi connectivity index (χ1n) is 4.10. The maximum atomic E-state index is 8.55. The highest BCUT2D eigenvalue weighted by atomic mass is 79.9. The van der Waals surface area contributed by atoms with Crippen LogP contribution in [0.5, 0.6) is 0 Å². The number of aryl methyl sites for hydroxylation is 1. The number of aliphatic hydroxyl groups is 1. The fraction of sp³-hybridized carbons (Fsp3) is 0.273. The summed E-state index contributed by atoms with van der Waals surface area (Å²) in [6.07, 6.45) is 0.537. The molecule has 13 heavy (non-hydrogen) atoms. The molecule has 0 aliphatic carbocycles. The van der Waals surface area contributed by atoms with Gasteiger partial charge in [-0.05, 0) is 30.7 Å². The van der Waals surface area contributed by atoms with Gasteiger partial charge in [0.25, 0.3) is 0 Å². The van der Waals surface area contributed by atoms with Gasteiger partial charge in [-0.25, -0.2) is 0 Å². The Bertz CT molecular complexity index is 347. The molecule has 0 aliphatic rings. The molecule has 0 amide bonds. The van der Waals surface area contributed by atoms with Gasteiger partial charge in [-0.2, -0.15) is 0 Å². The summed E-state index contributed by atoms with van der Waals surface area (Å²) in [6.45, 7) is 2.15. The second-order valence-electron chi connectivity index (χ2n) is 2.73. The zero-order valence-corrected chi connectivity index (χ0v) is 9.06. The van der Waals surface area contributed by atoms with Gasteiger partial charge in [0.15, 0.2) is 0 Å². The second kappa shape index (κ2) is 5.06. The van der Waals surface area contributed by atoms with Crippen molar-refractivity contribution in [3.8, 4) is 11.8 Å². The normalized spacial score (nSPS) is 9.15. The van der Waals surface area contributed by atoms with Crippen molar-refractivity contribution in [2.75, 3.05) is 6.61 Å². The van der Waals surface area contributed by atoms with Crippen LogP contribution in [0.1, 0.15) is 17.5 Å². The van der Waals surface area contributed by atoms with E-state index in [0.717, 1.165) is 15.6 Å². The van der Waals surface area contributed by atoms with Crippen LogP contribution >= 0.6 is 15.9 Å². The molecular formula is C11H11BrO. The molecule has 1 nitrogen and oxygen atoms in total. The SMILES string of the molecule is Cc1cc(Br)ccc1C#CCCO. The Labute approximate surface area is 86.9 Å². The zero-order valence-electron chi connectivity index (χ0n) is 7.47. The molecule has 0 unspecified atom stereocenters. The second-order valence-corrected chi connectivity index (χ2v) is 3.65. The maximum Gasteiger partial charge on any atom is 0.0540 e. The van der Waals surface area contributed by atoms with E-state index in [1.165, 1.54) is 0 Å². The average Bonchev–Trinajstić information content (AvgIpc) is 2.09. The van der Waals surface area contributed by atoms with Crippen LogP contribution in [0.15, 0.2) is 22.7 Å². The molecule has 0 aromatic heterocycles. The fourth-order valence-corrected chi connectivity index (χ4v) is 1.46. The predicted molar refractivity (Wildman–Crippen MR) is 57.5 cm³/mol. The van der Waals surface area contributed by atoms with Gasteiger partial charge in [-0.3, -0.25) is 0 Å². The van der Waals surface area contributed by atoms with E-state index >= 15 is 0 Å². The van der Waals surface area contributed by atoms with Crippen LogP contribution in [-0.2, 0) is 0 Å². The standard InChI is InChI=1S/C11H11BrO/c1-9-8-11(12)6-5-10(9)4-2-3-7-13/h5-6,8,13H,3,7H2,1H3. The van der Waals surface area contributed by atoms with Crippen LogP contribution in [0, 0.1) is 18.8 Å². The number of hydrogen-bond donors (Lipinski definition) is 1. The van der Waals surface area contributed by atoms with Crippen LogP contribution in [0.3, 0.4) is 0 Å². The van der Waals surface area contributed by atoms with Crippen LogP contribution < -0.4 is 0 Å². The molecule has 0 saturated carbocycles. The molecular weight excluding hydrogens is 228 g/mol. The van der Waals surface area contributed by atoms with Crippen molar-refractivity contribution < 1.29 is 5.11 Å². The van der Waals surface area contributed by atoms with Gasteiger partial charge in [0, 0.05) is 16.5 Å². The van der Waals surface area contributed by atoms with Crippen molar-refractivity contribution in [3.63, 3.8) is 0 Å². The van der Waals surface area contributed by atoms with Gasteiger partial charge in [0.05, 0.1) is 6.61 Å². The van der Waals surface area contributed by atoms with Gasteiger partial charge in [0.2, 0.25) is 0 Å². The third kappa shape index (κ3) is 3.22.